The van der Waals surface area contributed by atoms with Gasteiger partial charge in [-0.05, 0) is 36.9 Å². The van der Waals surface area contributed by atoms with Crippen LogP contribution in [0.1, 0.15) is 61.5 Å². The first-order valence-electron chi connectivity index (χ1n) is 13.8. The fraction of sp³-hybridized carbons (Fsp3) is 0.364. The van der Waals surface area contributed by atoms with E-state index in [1.165, 1.54) is 11.1 Å². The van der Waals surface area contributed by atoms with E-state index >= 15 is 0 Å². The number of ether oxygens (including phenoxy) is 1. The second kappa shape index (κ2) is 13.5. The molecule has 4 rings (SSSR count). The van der Waals surface area contributed by atoms with Crippen molar-refractivity contribution in [2.75, 3.05) is 20.2 Å². The van der Waals surface area contributed by atoms with Crippen LogP contribution in [0.25, 0.3) is 11.3 Å². The lowest BCUT2D eigenvalue weighted by Crippen LogP contribution is -2.40. The first-order chi connectivity index (χ1) is 18.5. The number of imidazole rings is 1. The molecule has 1 heterocycles. The normalized spacial score (nSPS) is 13.9. The zero-order valence-electron chi connectivity index (χ0n) is 23.3. The first-order valence-corrected chi connectivity index (χ1v) is 13.8. The van der Waals surface area contributed by atoms with Crippen LogP contribution < -0.4 is 5.73 Å². The largest absolute Gasteiger partial charge is 0.362 e. The molecule has 4 aromatic rings. The number of rotatable bonds is 13. The number of nitrogens with two attached hydrogens (primary N) is 1. The molecule has 0 aliphatic heterocycles. The lowest BCUT2D eigenvalue weighted by atomic mass is 9.95. The minimum absolute atomic E-state index is 0.0407. The fourth-order valence-electron chi connectivity index (χ4n) is 5.14. The summed E-state index contributed by atoms with van der Waals surface area (Å²) in [7, 11) is 1.81. The maximum absolute atomic E-state index is 6.23. The average molecular weight is 511 g/mol. The van der Waals surface area contributed by atoms with Gasteiger partial charge in [0.2, 0.25) is 0 Å². The van der Waals surface area contributed by atoms with Gasteiger partial charge in [0, 0.05) is 32.0 Å². The molecule has 0 saturated carbocycles. The maximum atomic E-state index is 6.23. The summed E-state index contributed by atoms with van der Waals surface area (Å²) in [6.45, 7) is 8.90. The minimum atomic E-state index is -0.205. The van der Waals surface area contributed by atoms with Crippen molar-refractivity contribution in [3.8, 4) is 11.3 Å². The van der Waals surface area contributed by atoms with Crippen molar-refractivity contribution >= 4 is 0 Å². The highest BCUT2D eigenvalue weighted by atomic mass is 16.5. The van der Waals surface area contributed by atoms with E-state index in [-0.39, 0.29) is 12.3 Å². The molecule has 0 saturated heterocycles. The van der Waals surface area contributed by atoms with Crippen LogP contribution in [0.3, 0.4) is 0 Å². The van der Waals surface area contributed by atoms with Gasteiger partial charge in [0.1, 0.15) is 12.1 Å². The Kier molecular flexibility index (Phi) is 9.88. The molecule has 38 heavy (non-hydrogen) atoms. The monoisotopic (exact) mass is 510 g/mol. The zero-order valence-corrected chi connectivity index (χ0v) is 23.3. The van der Waals surface area contributed by atoms with Gasteiger partial charge >= 0.3 is 0 Å². The van der Waals surface area contributed by atoms with Crippen LogP contribution in [0.5, 0.6) is 0 Å². The van der Waals surface area contributed by atoms with Crippen molar-refractivity contribution in [1.29, 1.82) is 0 Å². The van der Waals surface area contributed by atoms with Gasteiger partial charge in [-0.15, -0.1) is 0 Å². The molecular formula is C33H42N4O. The second-order valence-corrected chi connectivity index (χ2v) is 10.2. The van der Waals surface area contributed by atoms with Crippen molar-refractivity contribution in [1.82, 2.24) is 14.5 Å². The lowest BCUT2D eigenvalue weighted by Gasteiger charge is -2.40. The second-order valence-electron chi connectivity index (χ2n) is 10.2. The Morgan fingerprint density at radius 1 is 0.947 bits per heavy atom. The molecule has 0 amide bonds. The molecule has 5 heteroatoms. The van der Waals surface area contributed by atoms with E-state index in [4.69, 9.17) is 15.5 Å². The van der Waals surface area contributed by atoms with Gasteiger partial charge in [-0.1, -0.05) is 111 Å². The predicted octanol–water partition coefficient (Wildman–Crippen LogP) is 6.99. The average Bonchev–Trinajstić information content (AvgIpc) is 3.36. The molecule has 0 spiro atoms. The third-order valence-electron chi connectivity index (χ3n) is 7.38. The molecule has 5 nitrogen and oxygen atoms in total. The quantitative estimate of drug-likeness (QED) is 0.197. The van der Waals surface area contributed by atoms with Crippen LogP contribution in [0.15, 0.2) is 91.1 Å². The molecule has 0 aliphatic rings. The highest BCUT2D eigenvalue weighted by Crippen LogP contribution is 2.38. The molecule has 0 fully saturated rings. The number of benzene rings is 3. The Labute approximate surface area is 228 Å². The Bertz CT molecular complexity index is 1240. The molecule has 200 valence electrons. The standard InChI is InChI=1S/C33H42N4O/c1-5-26(3)31(37(22-12-21-34)33(38-4)29-19-17-25(2)18-20-29)32-35-30(28-15-10-7-11-16-28)24-36(32)23-27-13-8-6-9-14-27/h6-11,13-20,24,26,31,33H,5,12,21-23,34H2,1-4H3/t26-,31+,33?/m0/s1. The molecular weight excluding hydrogens is 468 g/mol. The maximum Gasteiger partial charge on any atom is 0.137 e. The summed E-state index contributed by atoms with van der Waals surface area (Å²) < 4.78 is 8.57. The molecule has 1 unspecified atom stereocenters. The summed E-state index contributed by atoms with van der Waals surface area (Å²) >= 11 is 0. The predicted molar refractivity (Wildman–Crippen MR) is 157 cm³/mol. The third kappa shape index (κ3) is 6.60. The molecule has 0 bridgehead atoms. The van der Waals surface area contributed by atoms with Crippen LogP contribution in [0, 0.1) is 12.8 Å². The van der Waals surface area contributed by atoms with Crippen molar-refractivity contribution < 1.29 is 4.74 Å². The smallest absolute Gasteiger partial charge is 0.137 e. The van der Waals surface area contributed by atoms with E-state index in [1.54, 1.807) is 7.11 Å². The Morgan fingerprint density at radius 2 is 1.61 bits per heavy atom. The first kappa shape index (κ1) is 27.8. The number of hydrogen-bond acceptors (Lipinski definition) is 4. The highest BCUT2D eigenvalue weighted by Gasteiger charge is 2.35. The van der Waals surface area contributed by atoms with E-state index in [2.05, 4.69) is 115 Å². The molecule has 3 atom stereocenters. The van der Waals surface area contributed by atoms with Crippen LogP contribution in [0.2, 0.25) is 0 Å². The van der Waals surface area contributed by atoms with E-state index < -0.39 is 0 Å². The van der Waals surface area contributed by atoms with Gasteiger partial charge in [-0.25, -0.2) is 4.98 Å². The van der Waals surface area contributed by atoms with Crippen molar-refractivity contribution in [2.45, 2.75) is 52.4 Å². The molecule has 0 radical (unpaired) electrons. The van der Waals surface area contributed by atoms with Crippen molar-refractivity contribution in [3.05, 3.63) is 114 Å². The molecule has 2 N–H and O–H groups in total. The summed E-state index contributed by atoms with van der Waals surface area (Å²) in [6, 6.07) is 29.8. The Morgan fingerprint density at radius 3 is 2.21 bits per heavy atom. The summed E-state index contributed by atoms with van der Waals surface area (Å²) in [6.07, 6.45) is 3.90. The van der Waals surface area contributed by atoms with E-state index in [9.17, 15) is 0 Å². The van der Waals surface area contributed by atoms with Crippen molar-refractivity contribution in [3.63, 3.8) is 0 Å². The van der Waals surface area contributed by atoms with Crippen molar-refractivity contribution in [2.24, 2.45) is 11.7 Å². The summed E-state index contributed by atoms with van der Waals surface area (Å²) in [5.74, 6) is 1.41. The van der Waals surface area contributed by atoms with Crippen LogP contribution in [-0.4, -0.2) is 34.7 Å². The van der Waals surface area contributed by atoms with Gasteiger partial charge in [-0.3, -0.25) is 4.90 Å². The zero-order chi connectivity index (χ0) is 26.9. The van der Waals surface area contributed by atoms with Gasteiger partial charge in [-0.2, -0.15) is 0 Å². The van der Waals surface area contributed by atoms with E-state index in [1.807, 2.05) is 6.07 Å². The fourth-order valence-corrected chi connectivity index (χ4v) is 5.14. The molecule has 3 aromatic carbocycles. The van der Waals surface area contributed by atoms with Gasteiger partial charge in [0.15, 0.2) is 0 Å². The number of aryl methyl sites for hydroxylation is 1. The number of methoxy groups -OCH3 is 1. The number of nitrogens with zero attached hydrogens (tertiary/aromatic N) is 3. The number of aromatic nitrogens is 2. The Hall–Kier alpha value is -3.25. The lowest BCUT2D eigenvalue weighted by molar-refractivity contribution is -0.0745. The summed E-state index contributed by atoms with van der Waals surface area (Å²) in [4.78, 5) is 7.81. The topological polar surface area (TPSA) is 56.3 Å². The summed E-state index contributed by atoms with van der Waals surface area (Å²) in [5, 5.41) is 0. The van der Waals surface area contributed by atoms with Crippen LogP contribution >= 0.6 is 0 Å². The molecule has 0 aliphatic carbocycles. The molecule has 1 aromatic heterocycles. The van der Waals surface area contributed by atoms with Crippen LogP contribution in [-0.2, 0) is 11.3 Å². The third-order valence-corrected chi connectivity index (χ3v) is 7.38. The van der Waals surface area contributed by atoms with Gasteiger partial charge in [0.05, 0.1) is 11.7 Å². The SMILES string of the molecule is CC[C@H](C)[C@H](c1nc(-c2ccccc2)cn1Cc1ccccc1)N(CCCN)C(OC)c1ccc(C)cc1. The van der Waals surface area contributed by atoms with E-state index in [0.717, 1.165) is 48.6 Å². The number of hydrogen-bond donors (Lipinski definition) is 1. The van der Waals surface area contributed by atoms with Gasteiger partial charge < -0.3 is 15.0 Å². The summed E-state index contributed by atoms with van der Waals surface area (Å²) in [5.41, 5.74) is 11.8. The van der Waals surface area contributed by atoms with Crippen LogP contribution in [0.4, 0.5) is 0 Å². The highest BCUT2D eigenvalue weighted by molar-refractivity contribution is 5.58. The Balaban J connectivity index is 1.85. The van der Waals surface area contributed by atoms with Gasteiger partial charge in [0.25, 0.3) is 0 Å². The minimum Gasteiger partial charge on any atom is -0.362 e. The van der Waals surface area contributed by atoms with E-state index in [0.29, 0.717) is 12.5 Å².